The summed E-state index contributed by atoms with van der Waals surface area (Å²) >= 11 is 6.09. The maximum atomic E-state index is 12.6. The molecule has 2 nitrogen and oxygen atoms in total. The Morgan fingerprint density at radius 2 is 1.71 bits per heavy atom. The minimum atomic E-state index is -4.13. The van der Waals surface area contributed by atoms with E-state index in [1.807, 2.05) is 6.07 Å². The van der Waals surface area contributed by atoms with Crippen LogP contribution >= 0.6 is 11.6 Å². The normalized spacial score (nSPS) is 24.4. The lowest BCUT2D eigenvalue weighted by Crippen LogP contribution is -2.41. The highest BCUT2D eigenvalue weighted by Gasteiger charge is 2.41. The molecule has 0 heterocycles. The fourth-order valence-electron chi connectivity index (χ4n) is 2.61. The van der Waals surface area contributed by atoms with Gasteiger partial charge in [0.15, 0.2) is 0 Å². The van der Waals surface area contributed by atoms with Crippen LogP contribution in [-0.4, -0.2) is 18.1 Å². The van der Waals surface area contributed by atoms with Crippen molar-refractivity contribution in [1.29, 1.82) is 0 Å². The first kappa shape index (κ1) is 16.1. The number of carbonyl (C=O) groups is 1. The summed E-state index contributed by atoms with van der Waals surface area (Å²) in [6.07, 6.45) is -3.32. The van der Waals surface area contributed by atoms with E-state index in [0.717, 1.165) is 0 Å². The van der Waals surface area contributed by atoms with Gasteiger partial charge in [0.1, 0.15) is 5.38 Å². The van der Waals surface area contributed by atoms with Gasteiger partial charge in [0.25, 0.3) is 0 Å². The number of benzene rings is 1. The average Bonchev–Trinajstić information content (AvgIpc) is 2.47. The molecular weight excluding hydrogens is 303 g/mol. The molecule has 0 saturated heterocycles. The third kappa shape index (κ3) is 4.37. The molecule has 1 unspecified atom stereocenters. The Kier molecular flexibility index (Phi) is 5.14. The highest BCUT2D eigenvalue weighted by molar-refractivity contribution is 6.30. The van der Waals surface area contributed by atoms with E-state index < -0.39 is 17.5 Å². The van der Waals surface area contributed by atoms with Crippen LogP contribution in [0.1, 0.15) is 36.6 Å². The lowest BCUT2D eigenvalue weighted by atomic mass is 9.85. The van der Waals surface area contributed by atoms with Gasteiger partial charge in [-0.25, -0.2) is 0 Å². The highest BCUT2D eigenvalue weighted by Crippen LogP contribution is 2.37. The molecule has 116 valence electrons. The average molecular weight is 320 g/mol. The third-order valence-electron chi connectivity index (χ3n) is 3.86. The van der Waals surface area contributed by atoms with E-state index in [1.54, 1.807) is 24.3 Å². The van der Waals surface area contributed by atoms with Crippen molar-refractivity contribution in [3.05, 3.63) is 35.9 Å². The van der Waals surface area contributed by atoms with E-state index in [1.165, 1.54) is 0 Å². The van der Waals surface area contributed by atoms with Crippen LogP contribution in [0.3, 0.4) is 0 Å². The Bertz CT molecular complexity index is 470. The van der Waals surface area contributed by atoms with Gasteiger partial charge in [0, 0.05) is 6.04 Å². The van der Waals surface area contributed by atoms with Crippen LogP contribution in [-0.2, 0) is 4.79 Å². The SMILES string of the molecule is O=C(NC1CCC(C(F)(F)F)CC1)C(Cl)c1ccccc1. The number of amides is 1. The minimum Gasteiger partial charge on any atom is -0.352 e. The summed E-state index contributed by atoms with van der Waals surface area (Å²) in [5.41, 5.74) is 0.681. The summed E-state index contributed by atoms with van der Waals surface area (Å²) in [5.74, 6) is -1.59. The molecule has 1 aliphatic rings. The topological polar surface area (TPSA) is 29.1 Å². The van der Waals surface area contributed by atoms with Crippen molar-refractivity contribution in [1.82, 2.24) is 5.32 Å². The Labute approximate surface area is 126 Å². The third-order valence-corrected chi connectivity index (χ3v) is 4.31. The monoisotopic (exact) mass is 319 g/mol. The van der Waals surface area contributed by atoms with Gasteiger partial charge in [-0.05, 0) is 31.2 Å². The summed E-state index contributed by atoms with van der Waals surface area (Å²) in [4.78, 5) is 12.0. The van der Waals surface area contributed by atoms with Gasteiger partial charge in [-0.3, -0.25) is 4.79 Å². The van der Waals surface area contributed by atoms with Crippen LogP contribution in [0.5, 0.6) is 0 Å². The first-order chi connectivity index (χ1) is 9.88. The van der Waals surface area contributed by atoms with Crippen LogP contribution < -0.4 is 5.32 Å². The molecule has 1 amide bonds. The first-order valence-corrected chi connectivity index (χ1v) is 7.37. The summed E-state index contributed by atoms with van der Waals surface area (Å²) in [7, 11) is 0. The maximum Gasteiger partial charge on any atom is 0.391 e. The zero-order valence-electron chi connectivity index (χ0n) is 11.4. The Morgan fingerprint density at radius 1 is 1.14 bits per heavy atom. The number of nitrogens with one attached hydrogen (secondary N) is 1. The smallest absolute Gasteiger partial charge is 0.352 e. The molecule has 1 saturated carbocycles. The van der Waals surface area contributed by atoms with Gasteiger partial charge < -0.3 is 5.32 Å². The van der Waals surface area contributed by atoms with Crippen LogP contribution in [0, 0.1) is 5.92 Å². The molecule has 1 aromatic rings. The molecule has 0 aliphatic heterocycles. The van der Waals surface area contributed by atoms with E-state index in [9.17, 15) is 18.0 Å². The number of hydrogen-bond acceptors (Lipinski definition) is 1. The second kappa shape index (κ2) is 6.69. The lowest BCUT2D eigenvalue weighted by molar-refractivity contribution is -0.182. The van der Waals surface area contributed by atoms with Gasteiger partial charge in [0.05, 0.1) is 5.92 Å². The van der Waals surface area contributed by atoms with E-state index in [-0.39, 0.29) is 24.8 Å². The lowest BCUT2D eigenvalue weighted by Gasteiger charge is -2.30. The molecule has 2 rings (SSSR count). The summed E-state index contributed by atoms with van der Waals surface area (Å²) in [6, 6.07) is 8.67. The fourth-order valence-corrected chi connectivity index (χ4v) is 2.82. The number of halogens is 4. The predicted molar refractivity (Wildman–Crippen MR) is 75.0 cm³/mol. The summed E-state index contributed by atoms with van der Waals surface area (Å²) < 4.78 is 37.7. The van der Waals surface area contributed by atoms with Gasteiger partial charge in [-0.15, -0.1) is 11.6 Å². The van der Waals surface area contributed by atoms with Crippen molar-refractivity contribution in [2.24, 2.45) is 5.92 Å². The molecule has 0 bridgehead atoms. The molecule has 0 radical (unpaired) electrons. The molecule has 1 fully saturated rings. The standard InChI is InChI=1S/C15H17ClF3NO/c16-13(10-4-2-1-3-5-10)14(21)20-12-8-6-11(7-9-12)15(17,18)19/h1-5,11-13H,6-9H2,(H,20,21). The quantitative estimate of drug-likeness (QED) is 0.831. The second-order valence-corrected chi connectivity index (χ2v) is 5.81. The fraction of sp³-hybridized carbons (Fsp3) is 0.533. The molecule has 6 heteroatoms. The summed E-state index contributed by atoms with van der Waals surface area (Å²) in [5, 5.41) is 1.94. The van der Waals surface area contributed by atoms with Gasteiger partial charge in [0.2, 0.25) is 5.91 Å². The van der Waals surface area contributed by atoms with Crippen LogP contribution in [0.15, 0.2) is 30.3 Å². The molecule has 0 aromatic heterocycles. The Morgan fingerprint density at radius 3 is 2.24 bits per heavy atom. The van der Waals surface area contributed by atoms with Crippen LogP contribution in [0.4, 0.5) is 13.2 Å². The van der Waals surface area contributed by atoms with Gasteiger partial charge >= 0.3 is 6.18 Å². The first-order valence-electron chi connectivity index (χ1n) is 6.94. The minimum absolute atomic E-state index is 0.0622. The van der Waals surface area contributed by atoms with Crippen LogP contribution in [0.2, 0.25) is 0 Å². The molecule has 1 N–H and O–H groups in total. The van der Waals surface area contributed by atoms with E-state index >= 15 is 0 Å². The molecule has 1 aliphatic carbocycles. The number of hydrogen-bond donors (Lipinski definition) is 1. The van der Waals surface area contributed by atoms with Crippen molar-refractivity contribution in [3.63, 3.8) is 0 Å². The van der Waals surface area contributed by atoms with Crippen molar-refractivity contribution >= 4 is 17.5 Å². The molecular formula is C15H17ClF3NO. The van der Waals surface area contributed by atoms with Crippen molar-refractivity contribution in [3.8, 4) is 0 Å². The summed E-state index contributed by atoms with van der Waals surface area (Å²) in [6.45, 7) is 0. The van der Waals surface area contributed by atoms with Crippen LogP contribution in [0.25, 0.3) is 0 Å². The van der Waals surface area contributed by atoms with E-state index in [2.05, 4.69) is 5.32 Å². The van der Waals surface area contributed by atoms with Gasteiger partial charge in [-0.1, -0.05) is 30.3 Å². The maximum absolute atomic E-state index is 12.6. The molecule has 1 atom stereocenters. The van der Waals surface area contributed by atoms with E-state index in [0.29, 0.717) is 18.4 Å². The van der Waals surface area contributed by atoms with Crippen molar-refractivity contribution in [2.75, 3.05) is 0 Å². The molecule has 0 spiro atoms. The van der Waals surface area contributed by atoms with Crippen molar-refractivity contribution < 1.29 is 18.0 Å². The molecule has 21 heavy (non-hydrogen) atoms. The number of rotatable bonds is 3. The van der Waals surface area contributed by atoms with E-state index in [4.69, 9.17) is 11.6 Å². The number of carbonyl (C=O) groups excluding carboxylic acids is 1. The zero-order chi connectivity index (χ0) is 15.5. The zero-order valence-corrected chi connectivity index (χ0v) is 12.1. The Balaban J connectivity index is 1.85. The second-order valence-electron chi connectivity index (χ2n) is 5.37. The predicted octanol–water partition coefficient (Wildman–Crippen LogP) is 4.20. The molecule has 1 aromatic carbocycles. The largest absolute Gasteiger partial charge is 0.391 e. The number of alkyl halides is 4. The highest BCUT2D eigenvalue weighted by atomic mass is 35.5. The Hall–Kier alpha value is -1.23. The van der Waals surface area contributed by atoms with Crippen molar-refractivity contribution in [2.45, 2.75) is 43.3 Å². The van der Waals surface area contributed by atoms with Gasteiger partial charge in [-0.2, -0.15) is 13.2 Å².